The van der Waals surface area contributed by atoms with E-state index < -0.39 is 13.3 Å². The zero-order valence-electron chi connectivity index (χ0n) is 6.84. The van der Waals surface area contributed by atoms with Crippen molar-refractivity contribution in [1.82, 2.24) is 0 Å². The molecule has 0 aliphatic heterocycles. The second-order valence-electron chi connectivity index (χ2n) is 2.43. The van der Waals surface area contributed by atoms with E-state index >= 15 is 0 Å². The molecule has 0 heterocycles. The monoisotopic (exact) mass is 190 g/mol. The molecule has 1 rings (SSSR count). The topological polar surface area (TPSA) is 9.23 Å². The fourth-order valence-electron chi connectivity index (χ4n) is 1.02. The number of aryl methyl sites for hydroxylation is 1. The van der Waals surface area contributed by atoms with Crippen LogP contribution >= 0.6 is 0 Å². The number of hydrogen-bond acceptors (Lipinski definition) is 1. The normalized spacial score (nSPS) is 10.5. The van der Waals surface area contributed by atoms with E-state index in [-0.39, 0.29) is 12.2 Å². The Hall–Kier alpha value is -1.19. The number of para-hydroxylation sites is 1. The number of halogens is 3. The van der Waals surface area contributed by atoms with Crippen molar-refractivity contribution >= 4 is 0 Å². The lowest BCUT2D eigenvalue weighted by Crippen LogP contribution is -2.04. The molecule has 1 aromatic rings. The Morgan fingerprint density at radius 1 is 1.23 bits per heavy atom. The molecule has 4 heteroatoms. The Balaban J connectivity index is 2.78. The van der Waals surface area contributed by atoms with Gasteiger partial charge in [0.15, 0.2) is 0 Å². The van der Waals surface area contributed by atoms with Crippen LogP contribution in [0.15, 0.2) is 24.3 Å². The molecule has 0 bridgehead atoms. The second-order valence-corrected chi connectivity index (χ2v) is 2.43. The first-order valence-corrected chi connectivity index (χ1v) is 3.82. The summed E-state index contributed by atoms with van der Waals surface area (Å²) in [5, 5.41) is 0. The van der Waals surface area contributed by atoms with Crippen LogP contribution in [0.3, 0.4) is 0 Å². The molecule has 0 N–H and O–H groups in total. The van der Waals surface area contributed by atoms with Gasteiger partial charge in [-0.15, -0.1) is 0 Å². The van der Waals surface area contributed by atoms with E-state index in [2.05, 4.69) is 4.74 Å². The van der Waals surface area contributed by atoms with E-state index in [1.54, 1.807) is 18.2 Å². The van der Waals surface area contributed by atoms with Crippen LogP contribution in [-0.4, -0.2) is 13.3 Å². The first kappa shape index (κ1) is 9.89. The van der Waals surface area contributed by atoms with Crippen molar-refractivity contribution in [2.45, 2.75) is 13.0 Å². The van der Waals surface area contributed by atoms with Crippen LogP contribution in [0.2, 0.25) is 0 Å². The van der Waals surface area contributed by atoms with Crippen molar-refractivity contribution in [3.8, 4) is 5.75 Å². The molecule has 0 unspecified atom stereocenters. The molecule has 0 radical (unpaired) electrons. The third kappa shape index (κ3) is 2.97. The van der Waals surface area contributed by atoms with Crippen molar-refractivity contribution in [1.29, 1.82) is 0 Å². The molecule has 0 amide bonds. The van der Waals surface area contributed by atoms with Crippen molar-refractivity contribution in [2.24, 2.45) is 0 Å². The van der Waals surface area contributed by atoms with Crippen LogP contribution in [-0.2, 0) is 6.42 Å². The van der Waals surface area contributed by atoms with Crippen LogP contribution in [0.4, 0.5) is 13.2 Å². The van der Waals surface area contributed by atoms with Gasteiger partial charge in [-0.25, -0.2) is 0 Å². The molecule has 0 atom stereocenters. The third-order valence-corrected chi connectivity index (χ3v) is 1.55. The predicted molar refractivity (Wildman–Crippen MR) is 42.8 cm³/mol. The van der Waals surface area contributed by atoms with E-state index in [1.807, 2.05) is 0 Å². The van der Waals surface area contributed by atoms with E-state index in [9.17, 15) is 13.2 Å². The first-order chi connectivity index (χ1) is 6.24. The summed E-state index contributed by atoms with van der Waals surface area (Å²) in [5.41, 5.74) is 0.463. The fraction of sp³-hybridized carbons (Fsp3) is 0.333. The minimum atomic E-state index is -2.86. The van der Waals surface area contributed by atoms with Gasteiger partial charge in [0, 0.05) is 6.42 Å². The van der Waals surface area contributed by atoms with Crippen molar-refractivity contribution in [2.75, 3.05) is 6.67 Å². The lowest BCUT2D eigenvalue weighted by atomic mass is 10.1. The highest BCUT2D eigenvalue weighted by molar-refractivity contribution is 5.33. The van der Waals surface area contributed by atoms with Crippen molar-refractivity contribution in [3.63, 3.8) is 0 Å². The van der Waals surface area contributed by atoms with E-state index in [0.717, 1.165) is 0 Å². The third-order valence-electron chi connectivity index (χ3n) is 1.55. The van der Waals surface area contributed by atoms with Gasteiger partial charge in [-0.1, -0.05) is 18.2 Å². The molecule has 0 fully saturated rings. The average Bonchev–Trinajstić information content (AvgIpc) is 2.08. The minimum absolute atomic E-state index is 0.0511. The Morgan fingerprint density at radius 3 is 2.54 bits per heavy atom. The van der Waals surface area contributed by atoms with Gasteiger partial charge in [-0.3, -0.25) is 4.39 Å². The van der Waals surface area contributed by atoms with Gasteiger partial charge in [0.1, 0.15) is 5.75 Å². The molecule has 0 aliphatic carbocycles. The number of hydrogen-bond donors (Lipinski definition) is 0. The summed E-state index contributed by atoms with van der Waals surface area (Å²) in [5.74, 6) is 0.0511. The second kappa shape index (κ2) is 4.74. The van der Waals surface area contributed by atoms with Crippen LogP contribution in [0.25, 0.3) is 0 Å². The highest BCUT2D eigenvalue weighted by Crippen LogP contribution is 2.20. The molecule has 72 valence electrons. The maximum atomic E-state index is 12.0. The van der Waals surface area contributed by atoms with Crippen molar-refractivity contribution in [3.05, 3.63) is 29.8 Å². The number of ether oxygens (including phenoxy) is 1. The Kier molecular flexibility index (Phi) is 3.61. The molecule has 1 nitrogen and oxygen atoms in total. The van der Waals surface area contributed by atoms with Crippen LogP contribution < -0.4 is 4.74 Å². The van der Waals surface area contributed by atoms with Gasteiger partial charge in [0.05, 0.1) is 6.67 Å². The molecule has 0 aromatic heterocycles. The molecular weight excluding hydrogens is 181 g/mol. The largest absolute Gasteiger partial charge is 0.435 e. The summed E-state index contributed by atoms with van der Waals surface area (Å²) in [6, 6.07) is 6.19. The highest BCUT2D eigenvalue weighted by Gasteiger charge is 2.07. The van der Waals surface area contributed by atoms with Gasteiger partial charge in [0.2, 0.25) is 0 Å². The van der Waals surface area contributed by atoms with Crippen LogP contribution in [0, 0.1) is 0 Å². The highest BCUT2D eigenvalue weighted by atomic mass is 19.3. The number of rotatable bonds is 4. The van der Waals surface area contributed by atoms with E-state index in [4.69, 9.17) is 0 Å². The SMILES string of the molecule is FCCc1ccccc1OC(F)F. The fourth-order valence-corrected chi connectivity index (χ4v) is 1.02. The molecule has 0 saturated heterocycles. The lowest BCUT2D eigenvalue weighted by Gasteiger charge is -2.08. The molecular formula is C9H9F3O. The molecule has 0 aliphatic rings. The summed E-state index contributed by atoms with van der Waals surface area (Å²) in [6.45, 7) is -3.44. The number of alkyl halides is 3. The maximum absolute atomic E-state index is 12.0. The Labute approximate surface area is 74.1 Å². The van der Waals surface area contributed by atoms with Crippen molar-refractivity contribution < 1.29 is 17.9 Å². The Bertz CT molecular complexity index is 263. The predicted octanol–water partition coefficient (Wildman–Crippen LogP) is 2.80. The molecule has 1 aromatic carbocycles. The molecule has 13 heavy (non-hydrogen) atoms. The molecule has 0 spiro atoms. The van der Waals surface area contributed by atoms with Gasteiger partial charge in [-0.2, -0.15) is 8.78 Å². The summed E-state index contributed by atoms with van der Waals surface area (Å²) < 4.78 is 39.8. The van der Waals surface area contributed by atoms with E-state index in [1.165, 1.54) is 6.07 Å². The van der Waals surface area contributed by atoms with Gasteiger partial charge >= 0.3 is 6.61 Å². The number of benzene rings is 1. The quantitative estimate of drug-likeness (QED) is 0.709. The maximum Gasteiger partial charge on any atom is 0.387 e. The smallest absolute Gasteiger partial charge is 0.387 e. The van der Waals surface area contributed by atoms with Crippen LogP contribution in [0.1, 0.15) is 5.56 Å². The lowest BCUT2D eigenvalue weighted by molar-refractivity contribution is -0.0504. The van der Waals surface area contributed by atoms with Crippen LogP contribution in [0.5, 0.6) is 5.75 Å². The van der Waals surface area contributed by atoms with Gasteiger partial charge in [-0.05, 0) is 11.6 Å². The summed E-state index contributed by atoms with van der Waals surface area (Å²) >= 11 is 0. The van der Waals surface area contributed by atoms with Gasteiger partial charge in [0.25, 0.3) is 0 Å². The minimum Gasteiger partial charge on any atom is -0.435 e. The van der Waals surface area contributed by atoms with E-state index in [0.29, 0.717) is 5.56 Å². The summed E-state index contributed by atoms with van der Waals surface area (Å²) in [4.78, 5) is 0. The van der Waals surface area contributed by atoms with Gasteiger partial charge < -0.3 is 4.74 Å². The zero-order chi connectivity index (χ0) is 9.68. The standard InChI is InChI=1S/C9H9F3O/c10-6-5-7-3-1-2-4-8(7)13-9(11)12/h1-4,9H,5-6H2. The first-order valence-electron chi connectivity index (χ1n) is 3.82. The average molecular weight is 190 g/mol. The summed E-state index contributed by atoms with van der Waals surface area (Å²) in [6.07, 6.45) is 0.100. The summed E-state index contributed by atoms with van der Waals surface area (Å²) in [7, 11) is 0. The Morgan fingerprint density at radius 2 is 1.92 bits per heavy atom. The zero-order valence-corrected chi connectivity index (χ0v) is 6.84. The molecule has 0 saturated carbocycles.